The zero-order chi connectivity index (χ0) is 81.2. The average molecular weight is 1590 g/mol. The fourth-order valence-corrected chi connectivity index (χ4v) is 18.1. The number of benzene rings is 8. The third-order valence-corrected chi connectivity index (χ3v) is 24.5. The van der Waals surface area contributed by atoms with Gasteiger partial charge in [-0.1, -0.05) is 123 Å². The number of phenolic OH excluding ortho intramolecular Hbond substituents is 1. The molecule has 24 nitrogen and oxygen atoms in total. The lowest BCUT2D eigenvalue weighted by Gasteiger charge is -2.35. The maximum Gasteiger partial charge on any atom is 0.254 e. The number of nitrogens with zero attached hydrogens (tertiary/aromatic N) is 8. The second kappa shape index (κ2) is 38.5. The number of sulfonamides is 1. The molecule has 7 aromatic carbocycles. The largest absolute Gasteiger partial charge is 0.508 e. The third-order valence-electron chi connectivity index (χ3n) is 20.6. The highest BCUT2D eigenvalue weighted by molar-refractivity contribution is 7.93. The Balaban J connectivity index is 0.688. The van der Waals surface area contributed by atoms with Crippen LogP contribution in [-0.2, 0) is 58.4 Å². The van der Waals surface area contributed by atoms with Crippen LogP contribution in [0.2, 0.25) is 0 Å². The van der Waals surface area contributed by atoms with Gasteiger partial charge in [-0.3, -0.25) is 28.8 Å². The van der Waals surface area contributed by atoms with Crippen molar-refractivity contribution in [2.75, 3.05) is 76.9 Å². The number of hydrogen-bond donors (Lipinski definition) is 5. The fraction of sp³-hybridized carbons (Fsp3) is 0.345. The van der Waals surface area contributed by atoms with Gasteiger partial charge in [0.15, 0.2) is 5.78 Å². The van der Waals surface area contributed by atoms with Crippen LogP contribution in [0.5, 0.6) is 5.75 Å². The van der Waals surface area contributed by atoms with Crippen LogP contribution in [0.15, 0.2) is 213 Å². The van der Waals surface area contributed by atoms with E-state index in [9.17, 15) is 60.2 Å². The number of aliphatic hydroxyl groups is 1. The summed E-state index contributed by atoms with van der Waals surface area (Å²) in [4.78, 5) is 87.3. The number of hydrogen-bond acceptors (Lipinski definition) is 16. The molecule has 8 aromatic rings. The predicted octanol–water partition coefficient (Wildman–Crippen LogP) is 10.6. The summed E-state index contributed by atoms with van der Waals surface area (Å²) in [5, 5.41) is 41.7. The van der Waals surface area contributed by atoms with Gasteiger partial charge in [-0.25, -0.2) is 30.5 Å². The number of halogens is 1. The molecule has 1 saturated heterocycles. The molecule has 114 heavy (non-hydrogen) atoms. The van der Waals surface area contributed by atoms with E-state index in [0.717, 1.165) is 100 Å². The number of nitrogens with one attached hydrogen (secondary N) is 3. The summed E-state index contributed by atoms with van der Waals surface area (Å²) in [6.07, 6.45) is 1.43. The van der Waals surface area contributed by atoms with Crippen molar-refractivity contribution in [3.05, 3.63) is 239 Å². The van der Waals surface area contributed by atoms with Crippen molar-refractivity contribution < 1.29 is 64.6 Å². The topological polar surface area (TPSA) is 307 Å². The van der Waals surface area contributed by atoms with E-state index in [-0.39, 0.29) is 91.0 Å². The summed E-state index contributed by atoms with van der Waals surface area (Å²) in [7, 11) is -9.22. The number of amides is 5. The molecule has 0 saturated carbocycles. The van der Waals surface area contributed by atoms with Crippen molar-refractivity contribution in [3.8, 4) is 28.2 Å². The molecule has 3 heterocycles. The minimum atomic E-state index is -4.71. The van der Waals surface area contributed by atoms with Gasteiger partial charge in [-0.05, 0) is 142 Å². The Hall–Kier alpha value is -11.3. The highest BCUT2D eigenvalue weighted by Gasteiger charge is 2.37. The average Bonchev–Trinajstić information content (AvgIpc) is 0.824. The first kappa shape index (κ1) is 83.7. The molecule has 1 unspecified atom stereocenters. The zero-order valence-electron chi connectivity index (χ0n) is 65.1. The van der Waals surface area contributed by atoms with E-state index in [1.165, 1.54) is 35.1 Å². The van der Waals surface area contributed by atoms with Crippen LogP contribution in [0.1, 0.15) is 129 Å². The number of piperazine rings is 1. The molecule has 3 aliphatic rings. The van der Waals surface area contributed by atoms with E-state index in [1.807, 2.05) is 30.3 Å². The maximum absolute atomic E-state index is 14.8. The number of carbonyl (C=O) groups excluding carboxylic acids is 6. The summed E-state index contributed by atoms with van der Waals surface area (Å²) in [5.41, 5.74) is 7.24. The fourth-order valence-electron chi connectivity index (χ4n) is 14.4. The van der Waals surface area contributed by atoms with Crippen molar-refractivity contribution in [2.45, 2.75) is 132 Å². The number of carbonyl (C=O) groups is 6. The van der Waals surface area contributed by atoms with Crippen molar-refractivity contribution >= 4 is 71.8 Å². The number of phenols is 1. The van der Waals surface area contributed by atoms with Crippen LogP contribution in [0.3, 0.4) is 0 Å². The highest BCUT2D eigenvalue weighted by Crippen LogP contribution is 2.43. The quantitative estimate of drug-likeness (QED) is 0.00801. The number of rotatable bonds is 36. The van der Waals surface area contributed by atoms with Gasteiger partial charge in [0.25, 0.3) is 5.91 Å². The summed E-state index contributed by atoms with van der Waals surface area (Å²) >= 11 is 0. The van der Waals surface area contributed by atoms with Crippen LogP contribution >= 0.6 is 0 Å². The number of aromatic hydroxyl groups is 1. The lowest BCUT2D eigenvalue weighted by Crippen LogP contribution is -2.50. The lowest BCUT2D eigenvalue weighted by atomic mass is 9.90. The van der Waals surface area contributed by atoms with Gasteiger partial charge in [-0.15, -0.1) is 5.10 Å². The molecule has 0 radical (unpaired) electrons. The van der Waals surface area contributed by atoms with E-state index in [4.69, 9.17) is 4.42 Å². The Kier molecular flexibility index (Phi) is 28.3. The van der Waals surface area contributed by atoms with E-state index < -0.39 is 72.0 Å². The molecule has 0 spiro atoms. The molecule has 1 fully saturated rings. The highest BCUT2D eigenvalue weighted by atomic mass is 32.2. The minimum Gasteiger partial charge on any atom is -0.508 e. The number of ketones is 1. The molecule has 2 aliphatic heterocycles. The predicted molar refractivity (Wildman–Crippen MR) is 434 cm³/mol. The SMILES string of the molecule is CCN(CC)c1ccc2c(-c3ccccc3C(=O)N3CCN(C(=O)CCC(=O)NCCCCCC(=O)N[C@@H](Cc4ccc(C(=O)c5ccccc5)cc4)C(=O)NCc4cn([C@@H](Cc5ccc(O)cc5)C(O)CN(CC(C)C)S(=O)(=O)c5ccccc5S(=O)(=O)c5ccc(F)cc5)nn4)CC3)c3ccc(=[N+](CC)CC)cc-3oc2c1. The third kappa shape index (κ3) is 20.6. The smallest absolute Gasteiger partial charge is 0.254 e. The number of aliphatic hydroxyl groups excluding tert-OH is 1. The molecule has 27 heteroatoms. The standard InChI is InChI=1S/C87H98FN11O13S2/c1-7-94(8-2)66-36-42-72-77(53-66)112-78-54-67(95(9-3)10-4)37-43-73(78)84(72)70-23-16-17-24-71(70)87(107)97-49-47-96(48-50-97)83(104)45-44-81(102)89-46-20-12-15-27-82(103)91-74(51-60-28-32-63(33-29-60)85(105)62-21-13-11-14-22-62)86(106)90-55-65-57-99(93-92-65)75(52-61-30-38-68(100)39-31-61)76(101)58-98(56-59(5)6)114(110,111)80-26-19-18-25-79(80)113(108,109)69-40-34-64(88)35-41-69/h11,13-14,16-19,21-26,28-43,53-54,57,59,74-76,101H,7-10,12,15,20,27,44-52,55-56,58H2,1-6H3,(H3-,89,90,91,100,102,103,106)/p+1/t74-,75-,76?/m0/s1. The molecule has 5 amide bonds. The molecule has 3 atom stereocenters. The van der Waals surface area contributed by atoms with E-state index >= 15 is 0 Å². The first-order valence-corrected chi connectivity index (χ1v) is 41.8. The van der Waals surface area contributed by atoms with Crippen molar-refractivity contribution in [3.63, 3.8) is 0 Å². The number of sulfone groups is 1. The lowest BCUT2D eigenvalue weighted by molar-refractivity contribution is -0.134. The minimum absolute atomic E-state index is 0.0145. The Morgan fingerprint density at radius 3 is 1.98 bits per heavy atom. The van der Waals surface area contributed by atoms with E-state index in [0.29, 0.717) is 91.1 Å². The molecule has 1 aromatic heterocycles. The van der Waals surface area contributed by atoms with Gasteiger partial charge >= 0.3 is 0 Å². The van der Waals surface area contributed by atoms with Crippen LogP contribution < -0.4 is 30.8 Å². The Labute approximate surface area is 664 Å². The van der Waals surface area contributed by atoms with Gasteiger partial charge in [0.1, 0.15) is 52.6 Å². The number of anilines is 1. The summed E-state index contributed by atoms with van der Waals surface area (Å²) < 4.78 is 83.0. The van der Waals surface area contributed by atoms with Gasteiger partial charge in [0.05, 0.1) is 40.7 Å². The molecular formula is C87H99FN11O13S2+. The van der Waals surface area contributed by atoms with Gasteiger partial charge in [0.2, 0.25) is 48.8 Å². The van der Waals surface area contributed by atoms with Crippen LogP contribution in [-0.4, -0.2) is 176 Å². The Morgan fingerprint density at radius 2 is 1.29 bits per heavy atom. The summed E-state index contributed by atoms with van der Waals surface area (Å²) in [6, 6.07) is 48.7. The maximum atomic E-state index is 14.8. The number of unbranched alkanes of at least 4 members (excludes halogenated alkanes) is 2. The number of fused-ring (bicyclic) bond motifs is 2. The number of aromatic nitrogens is 3. The van der Waals surface area contributed by atoms with E-state index in [1.54, 1.807) is 84.3 Å². The van der Waals surface area contributed by atoms with Crippen molar-refractivity contribution in [1.82, 2.24) is 49.6 Å². The van der Waals surface area contributed by atoms with Crippen LogP contribution in [0.4, 0.5) is 10.1 Å². The second-order valence-electron chi connectivity index (χ2n) is 28.8. The molecule has 1 aliphatic carbocycles. The first-order chi connectivity index (χ1) is 54.9. The molecule has 5 N–H and O–H groups in total. The summed E-state index contributed by atoms with van der Waals surface area (Å²) in [6.45, 7) is 15.9. The van der Waals surface area contributed by atoms with Gasteiger partial charge < -0.3 is 45.3 Å². The van der Waals surface area contributed by atoms with Crippen molar-refractivity contribution in [2.24, 2.45) is 5.92 Å². The molecule has 0 bridgehead atoms. The Morgan fingerprint density at radius 1 is 0.640 bits per heavy atom. The Bertz CT molecular complexity index is 5320. The first-order valence-electron chi connectivity index (χ1n) is 38.9. The van der Waals surface area contributed by atoms with Gasteiger partial charge in [-0.2, -0.15) is 4.31 Å². The molecule has 598 valence electrons. The van der Waals surface area contributed by atoms with Crippen LogP contribution in [0, 0.1) is 11.7 Å². The second-order valence-corrected chi connectivity index (χ2v) is 32.6. The monoisotopic (exact) mass is 1590 g/mol. The normalized spacial score (nSPS) is 13.4. The van der Waals surface area contributed by atoms with E-state index in [2.05, 4.69) is 99.8 Å². The summed E-state index contributed by atoms with van der Waals surface area (Å²) in [5.74, 6) is -2.17. The molecule has 11 rings (SSSR count). The van der Waals surface area contributed by atoms with Gasteiger partial charge in [0, 0.05) is 136 Å². The van der Waals surface area contributed by atoms with Crippen LogP contribution in [0.25, 0.3) is 33.4 Å². The zero-order valence-corrected chi connectivity index (χ0v) is 66.7. The van der Waals surface area contributed by atoms with Crippen molar-refractivity contribution in [1.29, 1.82) is 0 Å². The molecular weight excluding hydrogens is 1490 g/mol.